The van der Waals surface area contributed by atoms with E-state index in [1.807, 2.05) is 24.3 Å². The average Bonchev–Trinajstić information content (AvgIpc) is 3.10. The van der Waals surface area contributed by atoms with E-state index >= 15 is 0 Å². The standard InChI is InChI=1S/C40H48N4O4/c1-3-5-7-9-11-13-15-17-19-45-35-23-31-32(24-36(35)46-20-18-16-14-12-10-8-6-4-2)44-34-26-40-39(25-33(34)43-31)47-37-21-29(27-41)30(28-42)22-38(37)48-40/h21-26H,3-20H2,1-2H3. The highest BCUT2D eigenvalue weighted by atomic mass is 16.6. The summed E-state index contributed by atoms with van der Waals surface area (Å²) in [5.41, 5.74) is 3.16. The Kier molecular flexibility index (Phi) is 13.1. The van der Waals surface area contributed by atoms with Crippen LogP contribution in [0, 0.1) is 22.7 Å². The summed E-state index contributed by atoms with van der Waals surface area (Å²) in [7, 11) is 0. The fourth-order valence-corrected chi connectivity index (χ4v) is 6.06. The second-order valence-electron chi connectivity index (χ2n) is 12.7. The minimum atomic E-state index is 0.231. The van der Waals surface area contributed by atoms with Crippen molar-refractivity contribution in [3.8, 4) is 46.6 Å². The number of nitrogens with zero attached hydrogens (tertiary/aromatic N) is 4. The van der Waals surface area contributed by atoms with E-state index in [1.54, 1.807) is 12.1 Å². The zero-order valence-corrected chi connectivity index (χ0v) is 28.6. The molecule has 1 aliphatic rings. The minimum Gasteiger partial charge on any atom is -0.490 e. The van der Waals surface area contributed by atoms with E-state index < -0.39 is 0 Å². The largest absolute Gasteiger partial charge is 0.490 e. The van der Waals surface area contributed by atoms with E-state index in [0.717, 1.165) is 25.7 Å². The van der Waals surface area contributed by atoms with Gasteiger partial charge in [0.1, 0.15) is 12.1 Å². The van der Waals surface area contributed by atoms with Gasteiger partial charge in [0.05, 0.1) is 46.4 Å². The third kappa shape index (κ3) is 9.28. The highest BCUT2D eigenvalue weighted by molar-refractivity contribution is 5.90. The van der Waals surface area contributed by atoms with Gasteiger partial charge in [0.2, 0.25) is 0 Å². The van der Waals surface area contributed by atoms with Gasteiger partial charge in [-0.2, -0.15) is 10.5 Å². The summed E-state index contributed by atoms with van der Waals surface area (Å²) in [6.45, 7) is 5.76. The van der Waals surface area contributed by atoms with E-state index in [1.165, 1.54) is 89.2 Å². The minimum absolute atomic E-state index is 0.231. The van der Waals surface area contributed by atoms with Gasteiger partial charge < -0.3 is 18.9 Å². The van der Waals surface area contributed by atoms with Gasteiger partial charge in [0.15, 0.2) is 34.5 Å². The Balaban J connectivity index is 1.30. The molecule has 0 spiro atoms. The lowest BCUT2D eigenvalue weighted by Gasteiger charge is -2.21. The number of nitriles is 2. The molecular weight excluding hydrogens is 600 g/mol. The maximum atomic E-state index is 9.44. The Morgan fingerprint density at radius 1 is 0.479 bits per heavy atom. The Labute approximate surface area is 285 Å². The molecule has 0 amide bonds. The predicted molar refractivity (Wildman–Crippen MR) is 189 cm³/mol. The van der Waals surface area contributed by atoms with Crippen LogP contribution in [-0.4, -0.2) is 23.2 Å². The van der Waals surface area contributed by atoms with E-state index in [-0.39, 0.29) is 11.1 Å². The molecule has 1 aromatic heterocycles. The third-order valence-electron chi connectivity index (χ3n) is 8.84. The summed E-state index contributed by atoms with van der Waals surface area (Å²) < 4.78 is 24.8. The van der Waals surface area contributed by atoms with Crippen LogP contribution in [0.25, 0.3) is 22.1 Å². The number of rotatable bonds is 20. The van der Waals surface area contributed by atoms with Crippen molar-refractivity contribution in [1.82, 2.24) is 9.97 Å². The van der Waals surface area contributed by atoms with Gasteiger partial charge in [-0.1, -0.05) is 104 Å². The monoisotopic (exact) mass is 648 g/mol. The molecule has 0 fully saturated rings. The molecule has 2 heterocycles. The lowest BCUT2D eigenvalue weighted by Crippen LogP contribution is -2.04. The molecule has 1 aliphatic heterocycles. The summed E-state index contributed by atoms with van der Waals surface area (Å²) in [4.78, 5) is 9.84. The molecule has 0 atom stereocenters. The number of hydrogen-bond donors (Lipinski definition) is 0. The molecule has 0 radical (unpaired) electrons. The molecule has 0 saturated heterocycles. The summed E-state index contributed by atoms with van der Waals surface area (Å²) in [5.74, 6) is 3.08. The molecule has 8 nitrogen and oxygen atoms in total. The molecule has 0 saturated carbocycles. The van der Waals surface area contributed by atoms with E-state index in [0.29, 0.717) is 69.8 Å². The van der Waals surface area contributed by atoms with Crippen LogP contribution in [0.2, 0.25) is 0 Å². The van der Waals surface area contributed by atoms with Crippen molar-refractivity contribution in [2.24, 2.45) is 0 Å². The molecule has 4 aromatic rings. The second-order valence-corrected chi connectivity index (χ2v) is 12.7. The van der Waals surface area contributed by atoms with E-state index in [9.17, 15) is 10.5 Å². The van der Waals surface area contributed by atoms with Gasteiger partial charge in [-0.15, -0.1) is 0 Å². The van der Waals surface area contributed by atoms with Crippen LogP contribution in [0.3, 0.4) is 0 Å². The number of fused-ring (bicyclic) bond motifs is 4. The molecule has 0 unspecified atom stereocenters. The van der Waals surface area contributed by atoms with Crippen molar-refractivity contribution < 1.29 is 18.9 Å². The van der Waals surface area contributed by atoms with Crippen LogP contribution >= 0.6 is 0 Å². The van der Waals surface area contributed by atoms with Crippen LogP contribution in [-0.2, 0) is 0 Å². The first-order valence-corrected chi connectivity index (χ1v) is 18.0. The number of benzene rings is 3. The summed E-state index contributed by atoms with van der Waals surface area (Å²) >= 11 is 0. The highest BCUT2D eigenvalue weighted by Gasteiger charge is 2.23. The summed E-state index contributed by atoms with van der Waals surface area (Å²) in [5, 5.41) is 18.9. The van der Waals surface area contributed by atoms with Gasteiger partial charge >= 0.3 is 0 Å². The topological polar surface area (TPSA) is 110 Å². The van der Waals surface area contributed by atoms with Gasteiger partial charge in [-0.25, -0.2) is 9.97 Å². The normalized spacial score (nSPS) is 11.7. The second kappa shape index (κ2) is 18.1. The molecule has 0 N–H and O–H groups in total. The van der Waals surface area contributed by atoms with Gasteiger partial charge in [0, 0.05) is 36.4 Å². The SMILES string of the molecule is CCCCCCCCCCOc1cc2nc3cc4c(cc3nc2cc1OCCCCCCCCCC)Oc1cc(C#N)c(C#N)cc1O4. The first kappa shape index (κ1) is 34.8. The van der Waals surface area contributed by atoms with Crippen molar-refractivity contribution in [1.29, 1.82) is 10.5 Å². The highest BCUT2D eigenvalue weighted by Crippen LogP contribution is 2.47. The van der Waals surface area contributed by atoms with Crippen LogP contribution in [0.15, 0.2) is 36.4 Å². The number of unbranched alkanes of at least 4 members (excludes halogenated alkanes) is 14. The fraction of sp³-hybridized carbons (Fsp3) is 0.500. The van der Waals surface area contributed by atoms with Crippen molar-refractivity contribution >= 4 is 22.1 Å². The van der Waals surface area contributed by atoms with Crippen molar-refractivity contribution in [3.05, 3.63) is 47.5 Å². The maximum Gasteiger partial charge on any atom is 0.172 e. The molecule has 8 heteroatoms. The van der Waals surface area contributed by atoms with E-state index in [4.69, 9.17) is 28.9 Å². The van der Waals surface area contributed by atoms with Gasteiger partial charge in [-0.05, 0) is 12.8 Å². The zero-order valence-electron chi connectivity index (χ0n) is 28.6. The van der Waals surface area contributed by atoms with Crippen molar-refractivity contribution in [3.63, 3.8) is 0 Å². The Morgan fingerprint density at radius 2 is 0.812 bits per heavy atom. The number of aromatic nitrogens is 2. The lowest BCUT2D eigenvalue weighted by atomic mass is 10.1. The Hall–Kier alpha value is -4.56. The van der Waals surface area contributed by atoms with Crippen LogP contribution in [0.4, 0.5) is 0 Å². The van der Waals surface area contributed by atoms with Crippen LogP contribution in [0.5, 0.6) is 34.5 Å². The van der Waals surface area contributed by atoms with Crippen LogP contribution < -0.4 is 18.9 Å². The van der Waals surface area contributed by atoms with Gasteiger partial charge in [0.25, 0.3) is 0 Å². The molecule has 48 heavy (non-hydrogen) atoms. The maximum absolute atomic E-state index is 9.44. The Morgan fingerprint density at radius 3 is 1.19 bits per heavy atom. The predicted octanol–water partition coefficient (Wildman–Crippen LogP) is 11.5. The molecule has 0 bridgehead atoms. The quantitative estimate of drug-likeness (QED) is 0.0605. The molecule has 3 aromatic carbocycles. The number of hydrogen-bond acceptors (Lipinski definition) is 8. The smallest absolute Gasteiger partial charge is 0.172 e. The zero-order chi connectivity index (χ0) is 33.6. The third-order valence-corrected chi connectivity index (χ3v) is 8.84. The molecular formula is C40H48N4O4. The van der Waals surface area contributed by atoms with Gasteiger partial charge in [-0.3, -0.25) is 0 Å². The summed E-state index contributed by atoms with van der Waals surface area (Å²) in [6, 6.07) is 14.6. The van der Waals surface area contributed by atoms with Crippen LogP contribution in [0.1, 0.15) is 128 Å². The van der Waals surface area contributed by atoms with Crippen molar-refractivity contribution in [2.75, 3.05) is 13.2 Å². The van der Waals surface area contributed by atoms with E-state index in [2.05, 4.69) is 13.8 Å². The number of ether oxygens (including phenoxy) is 4. The van der Waals surface area contributed by atoms with Crippen molar-refractivity contribution in [2.45, 2.75) is 117 Å². The average molecular weight is 649 g/mol. The Bertz CT molecular complexity index is 1630. The lowest BCUT2D eigenvalue weighted by molar-refractivity contribution is 0.259. The molecule has 5 rings (SSSR count). The first-order valence-electron chi connectivity index (χ1n) is 18.0. The summed E-state index contributed by atoms with van der Waals surface area (Å²) in [6.07, 6.45) is 19.9. The molecule has 252 valence electrons. The fourth-order valence-electron chi connectivity index (χ4n) is 6.06. The first-order chi connectivity index (χ1) is 23.6. The molecule has 0 aliphatic carbocycles.